The van der Waals surface area contributed by atoms with Gasteiger partial charge in [-0.1, -0.05) is 42.5 Å². The molecule has 0 fully saturated rings. The fourth-order valence-corrected chi connectivity index (χ4v) is 2.77. The van der Waals surface area contributed by atoms with Crippen molar-refractivity contribution >= 4 is 22.9 Å². The monoisotopic (exact) mass is 332 g/mol. The van der Waals surface area contributed by atoms with E-state index in [0.717, 1.165) is 16.3 Å². The fraction of sp³-hybridized carbons (Fsp3) is 0.100. The second-order valence-corrected chi connectivity index (χ2v) is 5.63. The largest absolute Gasteiger partial charge is 0.486 e. The van der Waals surface area contributed by atoms with Crippen LogP contribution in [-0.2, 0) is 0 Å². The van der Waals surface area contributed by atoms with Crippen molar-refractivity contribution < 1.29 is 14.3 Å². The van der Waals surface area contributed by atoms with Crippen LogP contribution in [0.3, 0.4) is 0 Å². The van der Waals surface area contributed by atoms with E-state index in [0.29, 0.717) is 30.3 Å². The van der Waals surface area contributed by atoms with E-state index < -0.39 is 0 Å². The molecule has 0 spiro atoms. The average molecular weight is 332 g/mol. The predicted octanol–water partition coefficient (Wildman–Crippen LogP) is 3.37. The maximum Gasteiger partial charge on any atom is 0.271 e. The van der Waals surface area contributed by atoms with Gasteiger partial charge >= 0.3 is 0 Å². The van der Waals surface area contributed by atoms with Crippen molar-refractivity contribution in [1.82, 2.24) is 5.43 Å². The zero-order valence-electron chi connectivity index (χ0n) is 13.4. The molecule has 1 N–H and O–H groups in total. The highest BCUT2D eigenvalue weighted by molar-refractivity contribution is 6.00. The minimum absolute atomic E-state index is 0.298. The molecule has 1 heterocycles. The summed E-state index contributed by atoms with van der Waals surface area (Å²) in [7, 11) is 0. The fourth-order valence-electron chi connectivity index (χ4n) is 2.77. The van der Waals surface area contributed by atoms with Crippen molar-refractivity contribution in [3.05, 3.63) is 71.8 Å². The Morgan fingerprint density at radius 2 is 1.76 bits per heavy atom. The first-order valence-corrected chi connectivity index (χ1v) is 8.02. The molecule has 0 saturated carbocycles. The summed E-state index contributed by atoms with van der Waals surface area (Å²) in [5.74, 6) is 0.937. The topological polar surface area (TPSA) is 59.9 Å². The summed E-state index contributed by atoms with van der Waals surface area (Å²) < 4.78 is 10.9. The summed E-state index contributed by atoms with van der Waals surface area (Å²) >= 11 is 0. The minimum Gasteiger partial charge on any atom is -0.486 e. The molecule has 1 aliphatic rings. The minimum atomic E-state index is -0.298. The van der Waals surface area contributed by atoms with Gasteiger partial charge < -0.3 is 9.47 Å². The lowest BCUT2D eigenvalue weighted by atomic mass is 10.1. The van der Waals surface area contributed by atoms with Crippen LogP contribution in [0.25, 0.3) is 10.8 Å². The maximum absolute atomic E-state index is 12.3. The highest BCUT2D eigenvalue weighted by atomic mass is 16.6. The van der Waals surface area contributed by atoms with Gasteiger partial charge in [0.1, 0.15) is 13.2 Å². The molecule has 3 aromatic carbocycles. The Bertz CT molecular complexity index is 961. The number of nitrogens with one attached hydrogen (secondary N) is 1. The molecule has 1 aliphatic heterocycles. The number of hydrazone groups is 1. The molecule has 0 aromatic heterocycles. The molecule has 3 aromatic rings. The lowest BCUT2D eigenvalue weighted by Crippen LogP contribution is -2.19. The molecular formula is C20H16N2O3. The Morgan fingerprint density at radius 3 is 2.68 bits per heavy atom. The zero-order valence-corrected chi connectivity index (χ0v) is 13.4. The number of hydrogen-bond acceptors (Lipinski definition) is 4. The van der Waals surface area contributed by atoms with Gasteiger partial charge in [-0.25, -0.2) is 5.43 Å². The molecule has 0 radical (unpaired) electrons. The number of nitrogens with zero attached hydrogens (tertiary/aromatic N) is 1. The van der Waals surface area contributed by atoms with Crippen molar-refractivity contribution in [3.63, 3.8) is 0 Å². The van der Waals surface area contributed by atoms with E-state index >= 15 is 0 Å². The first-order valence-electron chi connectivity index (χ1n) is 8.02. The third kappa shape index (κ3) is 3.17. The van der Waals surface area contributed by atoms with Crippen LogP contribution in [0, 0.1) is 0 Å². The van der Waals surface area contributed by atoms with Gasteiger partial charge in [-0.3, -0.25) is 4.79 Å². The van der Waals surface area contributed by atoms with Crippen LogP contribution in [0.2, 0.25) is 0 Å². The van der Waals surface area contributed by atoms with Gasteiger partial charge in [0, 0.05) is 11.1 Å². The van der Waals surface area contributed by atoms with Gasteiger partial charge in [0.25, 0.3) is 5.91 Å². The van der Waals surface area contributed by atoms with E-state index in [2.05, 4.69) is 10.5 Å². The van der Waals surface area contributed by atoms with Crippen molar-refractivity contribution in [3.8, 4) is 11.5 Å². The van der Waals surface area contributed by atoms with Crippen LogP contribution in [0.5, 0.6) is 11.5 Å². The number of carbonyl (C=O) groups excluding carboxylic acids is 1. The van der Waals surface area contributed by atoms with Crippen molar-refractivity contribution in [2.45, 2.75) is 0 Å². The number of carbonyl (C=O) groups is 1. The molecular weight excluding hydrogens is 316 g/mol. The van der Waals surface area contributed by atoms with E-state index in [9.17, 15) is 4.79 Å². The highest BCUT2D eigenvalue weighted by Crippen LogP contribution is 2.30. The lowest BCUT2D eigenvalue weighted by molar-refractivity contribution is 0.0954. The highest BCUT2D eigenvalue weighted by Gasteiger charge is 2.14. The predicted molar refractivity (Wildman–Crippen MR) is 96.4 cm³/mol. The number of amides is 1. The Morgan fingerprint density at radius 1 is 0.960 bits per heavy atom. The summed E-state index contributed by atoms with van der Waals surface area (Å²) in [6, 6.07) is 19.1. The molecule has 0 bridgehead atoms. The molecule has 5 heteroatoms. The smallest absolute Gasteiger partial charge is 0.271 e. The zero-order chi connectivity index (χ0) is 17.1. The Labute approximate surface area is 144 Å². The average Bonchev–Trinajstić information content (AvgIpc) is 2.67. The quantitative estimate of drug-likeness (QED) is 0.591. The maximum atomic E-state index is 12.3. The summed E-state index contributed by atoms with van der Waals surface area (Å²) in [5, 5.41) is 6.30. The molecule has 1 amide bonds. The van der Waals surface area contributed by atoms with Gasteiger partial charge in [-0.2, -0.15) is 5.10 Å². The van der Waals surface area contributed by atoms with Gasteiger partial charge in [-0.15, -0.1) is 0 Å². The van der Waals surface area contributed by atoms with Gasteiger partial charge in [0.15, 0.2) is 11.5 Å². The van der Waals surface area contributed by atoms with E-state index in [1.807, 2.05) is 42.5 Å². The molecule has 25 heavy (non-hydrogen) atoms. The lowest BCUT2D eigenvalue weighted by Gasteiger charge is -2.18. The van der Waals surface area contributed by atoms with Gasteiger partial charge in [0.2, 0.25) is 0 Å². The number of ether oxygens (including phenoxy) is 2. The number of fused-ring (bicyclic) bond motifs is 2. The van der Waals surface area contributed by atoms with Crippen LogP contribution in [0.4, 0.5) is 0 Å². The molecule has 4 rings (SSSR count). The van der Waals surface area contributed by atoms with E-state index in [1.165, 1.54) is 0 Å². The van der Waals surface area contributed by atoms with Crippen LogP contribution in [-0.4, -0.2) is 25.3 Å². The SMILES string of the molecule is O=C(NN=Cc1cccc2ccccc12)c1ccc2c(c1)OCCO2. The second-order valence-electron chi connectivity index (χ2n) is 5.63. The van der Waals surface area contributed by atoms with Crippen molar-refractivity contribution in [2.24, 2.45) is 5.10 Å². The second kappa shape index (κ2) is 6.65. The van der Waals surface area contributed by atoms with E-state index in [1.54, 1.807) is 24.4 Å². The summed E-state index contributed by atoms with van der Waals surface area (Å²) in [5.41, 5.74) is 3.97. The molecule has 124 valence electrons. The summed E-state index contributed by atoms with van der Waals surface area (Å²) in [6.45, 7) is 1.01. The number of hydrogen-bond donors (Lipinski definition) is 1. The Balaban J connectivity index is 1.50. The van der Waals surface area contributed by atoms with Crippen LogP contribution < -0.4 is 14.9 Å². The van der Waals surface area contributed by atoms with Gasteiger partial charge in [-0.05, 0) is 29.0 Å². The third-order valence-electron chi connectivity index (χ3n) is 4.00. The number of benzene rings is 3. The molecule has 0 saturated heterocycles. The summed E-state index contributed by atoms with van der Waals surface area (Å²) in [4.78, 5) is 12.3. The molecule has 0 unspecified atom stereocenters. The Kier molecular flexibility index (Phi) is 4.04. The molecule has 5 nitrogen and oxygen atoms in total. The number of rotatable bonds is 3. The molecule has 0 aliphatic carbocycles. The third-order valence-corrected chi connectivity index (χ3v) is 4.00. The van der Waals surface area contributed by atoms with Crippen LogP contribution >= 0.6 is 0 Å². The Hall–Kier alpha value is -3.34. The standard InChI is InChI=1S/C20H16N2O3/c23-20(15-8-9-18-19(12-15)25-11-10-24-18)22-21-13-16-6-3-5-14-4-1-2-7-17(14)16/h1-9,12-13H,10-11H2,(H,22,23). The van der Waals surface area contributed by atoms with E-state index in [-0.39, 0.29) is 5.91 Å². The summed E-state index contributed by atoms with van der Waals surface area (Å²) in [6.07, 6.45) is 1.65. The normalized spacial score (nSPS) is 13.1. The van der Waals surface area contributed by atoms with Crippen LogP contribution in [0.1, 0.15) is 15.9 Å². The van der Waals surface area contributed by atoms with Crippen molar-refractivity contribution in [2.75, 3.05) is 13.2 Å². The molecule has 0 atom stereocenters. The van der Waals surface area contributed by atoms with Crippen LogP contribution in [0.15, 0.2) is 65.8 Å². The van der Waals surface area contributed by atoms with Crippen molar-refractivity contribution in [1.29, 1.82) is 0 Å². The van der Waals surface area contributed by atoms with Gasteiger partial charge in [0.05, 0.1) is 6.21 Å². The van der Waals surface area contributed by atoms with E-state index in [4.69, 9.17) is 9.47 Å². The first-order chi connectivity index (χ1) is 12.3. The first kappa shape index (κ1) is 15.2.